The summed E-state index contributed by atoms with van der Waals surface area (Å²) in [6.07, 6.45) is 0. The molecule has 0 aliphatic carbocycles. The molecule has 0 spiro atoms. The van der Waals surface area contributed by atoms with Crippen molar-refractivity contribution in [3.8, 4) is 17.2 Å². The lowest BCUT2D eigenvalue weighted by atomic mass is 9.94. The SMILES string of the molecule is COc1ccc(C2/C(=C(/O)c3ccc(OCC(C)C)cc3)C(=O)C(=O)N2CCN(C)C)c(OC)c1. The van der Waals surface area contributed by atoms with Crippen LogP contribution in [0.15, 0.2) is 48.0 Å². The Balaban J connectivity index is 2.10. The van der Waals surface area contributed by atoms with Crippen LogP contribution in [-0.4, -0.2) is 74.6 Å². The Hall–Kier alpha value is -3.52. The third-order valence-corrected chi connectivity index (χ3v) is 5.77. The maximum absolute atomic E-state index is 13.2. The van der Waals surface area contributed by atoms with Crippen molar-refractivity contribution in [2.24, 2.45) is 5.92 Å². The smallest absolute Gasteiger partial charge is 0.295 e. The number of carbonyl (C=O) groups excluding carboxylic acids is 2. The number of hydrogen-bond acceptors (Lipinski definition) is 7. The fourth-order valence-corrected chi connectivity index (χ4v) is 3.91. The molecule has 0 aromatic heterocycles. The minimum Gasteiger partial charge on any atom is -0.507 e. The molecule has 1 unspecified atom stereocenters. The van der Waals surface area contributed by atoms with Gasteiger partial charge in [0.25, 0.3) is 11.7 Å². The van der Waals surface area contributed by atoms with Crippen LogP contribution in [0.1, 0.15) is 31.0 Å². The molecule has 1 amide bonds. The Kier molecular flexibility index (Phi) is 8.40. The number of amides is 1. The zero-order chi connectivity index (χ0) is 25.7. The zero-order valence-corrected chi connectivity index (χ0v) is 21.2. The fourth-order valence-electron chi connectivity index (χ4n) is 3.91. The number of methoxy groups -OCH3 is 2. The van der Waals surface area contributed by atoms with Crippen LogP contribution < -0.4 is 14.2 Å². The number of carbonyl (C=O) groups is 2. The number of likely N-dealkylation sites (N-methyl/N-ethyl adjacent to an activating group) is 1. The first-order valence-corrected chi connectivity index (χ1v) is 11.6. The Morgan fingerprint density at radius 1 is 1.03 bits per heavy atom. The average Bonchev–Trinajstić information content (AvgIpc) is 3.10. The van der Waals surface area contributed by atoms with Crippen molar-refractivity contribution < 1.29 is 28.9 Å². The number of ketones is 1. The number of Topliss-reactive ketones (excluding diaryl/α,β-unsaturated/α-hetero) is 1. The van der Waals surface area contributed by atoms with Gasteiger partial charge >= 0.3 is 0 Å². The number of likely N-dealkylation sites (tertiary alicyclic amines) is 1. The van der Waals surface area contributed by atoms with E-state index in [0.29, 0.717) is 54.0 Å². The maximum Gasteiger partial charge on any atom is 0.295 e. The summed E-state index contributed by atoms with van der Waals surface area (Å²) in [6, 6.07) is 11.2. The molecule has 3 rings (SSSR count). The third kappa shape index (κ3) is 5.77. The van der Waals surface area contributed by atoms with Gasteiger partial charge in [-0.25, -0.2) is 0 Å². The van der Waals surface area contributed by atoms with Crippen LogP contribution in [0, 0.1) is 5.92 Å². The molecule has 2 aromatic rings. The maximum atomic E-state index is 13.2. The number of nitrogens with zero attached hydrogens (tertiary/aromatic N) is 2. The number of hydrogen-bond donors (Lipinski definition) is 1. The van der Waals surface area contributed by atoms with Crippen LogP contribution in [0.5, 0.6) is 17.2 Å². The number of rotatable bonds is 10. The number of aliphatic hydroxyl groups excluding tert-OH is 1. The van der Waals surface area contributed by atoms with Crippen molar-refractivity contribution in [2.45, 2.75) is 19.9 Å². The number of benzene rings is 2. The minimum atomic E-state index is -0.812. The minimum absolute atomic E-state index is 0.0214. The van der Waals surface area contributed by atoms with Gasteiger partial charge in [0.1, 0.15) is 23.0 Å². The summed E-state index contributed by atoms with van der Waals surface area (Å²) in [4.78, 5) is 29.7. The zero-order valence-electron chi connectivity index (χ0n) is 21.2. The Morgan fingerprint density at radius 3 is 2.26 bits per heavy atom. The van der Waals surface area contributed by atoms with Crippen LogP contribution in [-0.2, 0) is 9.59 Å². The number of ether oxygens (including phenoxy) is 3. The first-order chi connectivity index (χ1) is 16.7. The van der Waals surface area contributed by atoms with Gasteiger partial charge < -0.3 is 29.1 Å². The van der Waals surface area contributed by atoms with E-state index < -0.39 is 17.7 Å². The molecule has 0 saturated carbocycles. The van der Waals surface area contributed by atoms with Crippen molar-refractivity contribution in [3.63, 3.8) is 0 Å². The van der Waals surface area contributed by atoms with Gasteiger partial charge in [0.2, 0.25) is 0 Å². The van der Waals surface area contributed by atoms with Gasteiger partial charge in [-0.2, -0.15) is 0 Å². The van der Waals surface area contributed by atoms with E-state index in [1.807, 2.05) is 19.0 Å². The summed E-state index contributed by atoms with van der Waals surface area (Å²) in [5, 5.41) is 11.3. The van der Waals surface area contributed by atoms with Crippen molar-refractivity contribution in [2.75, 3.05) is 48.0 Å². The normalized spacial score (nSPS) is 17.4. The lowest BCUT2D eigenvalue weighted by molar-refractivity contribution is -0.140. The van der Waals surface area contributed by atoms with E-state index in [0.717, 1.165) is 0 Å². The Bertz CT molecular complexity index is 1090. The molecule has 8 nitrogen and oxygen atoms in total. The molecule has 0 bridgehead atoms. The molecular formula is C27H34N2O6. The van der Waals surface area contributed by atoms with Crippen molar-refractivity contribution in [1.82, 2.24) is 9.80 Å². The summed E-state index contributed by atoms with van der Waals surface area (Å²) < 4.78 is 16.6. The van der Waals surface area contributed by atoms with Crippen LogP contribution in [0.4, 0.5) is 0 Å². The second kappa shape index (κ2) is 11.3. The molecule has 35 heavy (non-hydrogen) atoms. The van der Waals surface area contributed by atoms with Crippen molar-refractivity contribution in [3.05, 3.63) is 59.2 Å². The molecule has 1 heterocycles. The molecule has 1 aliphatic rings. The van der Waals surface area contributed by atoms with E-state index in [-0.39, 0.29) is 11.3 Å². The predicted molar refractivity (Wildman–Crippen MR) is 134 cm³/mol. The highest BCUT2D eigenvalue weighted by Crippen LogP contribution is 2.43. The number of aliphatic hydroxyl groups is 1. The van der Waals surface area contributed by atoms with E-state index in [1.54, 1.807) is 49.6 Å². The van der Waals surface area contributed by atoms with Gasteiger partial charge in [-0.05, 0) is 56.4 Å². The summed E-state index contributed by atoms with van der Waals surface area (Å²) in [5.74, 6) is 0.435. The summed E-state index contributed by atoms with van der Waals surface area (Å²) >= 11 is 0. The lowest BCUT2D eigenvalue weighted by Crippen LogP contribution is -2.35. The highest BCUT2D eigenvalue weighted by Gasteiger charge is 2.47. The molecule has 1 atom stereocenters. The topological polar surface area (TPSA) is 88.5 Å². The van der Waals surface area contributed by atoms with E-state index in [9.17, 15) is 14.7 Å². The summed E-state index contributed by atoms with van der Waals surface area (Å²) in [6.45, 7) is 5.53. The molecule has 8 heteroatoms. The Morgan fingerprint density at radius 2 is 1.69 bits per heavy atom. The monoisotopic (exact) mass is 482 g/mol. The van der Waals surface area contributed by atoms with Crippen LogP contribution in [0.2, 0.25) is 0 Å². The highest BCUT2D eigenvalue weighted by atomic mass is 16.5. The average molecular weight is 483 g/mol. The van der Waals surface area contributed by atoms with Crippen LogP contribution in [0.3, 0.4) is 0 Å². The van der Waals surface area contributed by atoms with Gasteiger partial charge in [0, 0.05) is 30.3 Å². The second-order valence-electron chi connectivity index (χ2n) is 9.13. The van der Waals surface area contributed by atoms with Gasteiger partial charge in [-0.15, -0.1) is 0 Å². The van der Waals surface area contributed by atoms with Crippen LogP contribution >= 0.6 is 0 Å². The predicted octanol–water partition coefficient (Wildman–Crippen LogP) is 3.72. The summed E-state index contributed by atoms with van der Waals surface area (Å²) in [7, 11) is 6.84. The summed E-state index contributed by atoms with van der Waals surface area (Å²) in [5.41, 5.74) is 1.03. The van der Waals surface area contributed by atoms with E-state index in [1.165, 1.54) is 12.0 Å². The van der Waals surface area contributed by atoms with E-state index in [4.69, 9.17) is 14.2 Å². The van der Waals surface area contributed by atoms with Gasteiger partial charge in [-0.3, -0.25) is 9.59 Å². The molecule has 0 radical (unpaired) electrons. The fraction of sp³-hybridized carbons (Fsp3) is 0.407. The molecule has 188 valence electrons. The molecule has 2 aromatic carbocycles. The molecule has 1 N–H and O–H groups in total. The van der Waals surface area contributed by atoms with Gasteiger partial charge in [-0.1, -0.05) is 13.8 Å². The molecular weight excluding hydrogens is 448 g/mol. The Labute approximate surface area is 206 Å². The lowest BCUT2D eigenvalue weighted by Gasteiger charge is -2.27. The van der Waals surface area contributed by atoms with E-state index >= 15 is 0 Å². The quantitative estimate of drug-likeness (QED) is 0.314. The highest BCUT2D eigenvalue weighted by molar-refractivity contribution is 6.46. The van der Waals surface area contributed by atoms with Crippen molar-refractivity contribution >= 4 is 17.4 Å². The second-order valence-corrected chi connectivity index (χ2v) is 9.13. The molecule has 1 saturated heterocycles. The van der Waals surface area contributed by atoms with E-state index in [2.05, 4.69) is 13.8 Å². The first kappa shape index (κ1) is 26.1. The molecule has 1 fully saturated rings. The van der Waals surface area contributed by atoms with Crippen LogP contribution in [0.25, 0.3) is 5.76 Å². The molecule has 1 aliphatic heterocycles. The van der Waals surface area contributed by atoms with Gasteiger partial charge in [0.05, 0.1) is 32.4 Å². The largest absolute Gasteiger partial charge is 0.507 e. The van der Waals surface area contributed by atoms with Gasteiger partial charge in [0.15, 0.2) is 0 Å². The standard InChI is InChI=1S/C27H34N2O6/c1-17(2)16-35-19-9-7-18(8-10-19)25(30)23-24(21-12-11-20(33-5)15-22(21)34-6)29(14-13-28(3)4)27(32)26(23)31/h7-12,15,17,24,30H,13-14,16H2,1-6H3/b25-23-. The first-order valence-electron chi connectivity index (χ1n) is 11.6. The third-order valence-electron chi connectivity index (χ3n) is 5.77. The van der Waals surface area contributed by atoms with Crippen molar-refractivity contribution in [1.29, 1.82) is 0 Å².